The lowest BCUT2D eigenvalue weighted by molar-refractivity contribution is -0.306. The summed E-state index contributed by atoms with van der Waals surface area (Å²) in [6.45, 7) is 2.88. The molecule has 0 aromatic heterocycles. The lowest BCUT2D eigenvalue weighted by Crippen LogP contribution is -2.25. The fourth-order valence-corrected chi connectivity index (χ4v) is 2.38. The Balaban J connectivity index is 3.52. The fraction of sp³-hybridized carbons (Fsp3) is 0.933. The van der Waals surface area contributed by atoms with Gasteiger partial charge >= 0.3 is 0 Å². The molecule has 3 nitrogen and oxygen atoms in total. The molecular formula is C15H30NO2-. The average molecular weight is 256 g/mol. The van der Waals surface area contributed by atoms with Gasteiger partial charge in [-0.15, -0.1) is 0 Å². The molecule has 0 bridgehead atoms. The van der Waals surface area contributed by atoms with E-state index in [9.17, 15) is 9.90 Å². The van der Waals surface area contributed by atoms with Crippen LogP contribution in [0, 0.1) is 5.92 Å². The van der Waals surface area contributed by atoms with Crippen LogP contribution >= 0.6 is 0 Å². The van der Waals surface area contributed by atoms with Crippen LogP contribution in [0.2, 0.25) is 0 Å². The molecule has 0 saturated carbocycles. The van der Waals surface area contributed by atoms with Gasteiger partial charge in [0.1, 0.15) is 0 Å². The fourth-order valence-electron chi connectivity index (χ4n) is 2.38. The summed E-state index contributed by atoms with van der Waals surface area (Å²) in [4.78, 5) is 10.6. The van der Waals surface area contributed by atoms with Crippen molar-refractivity contribution in [1.29, 1.82) is 0 Å². The van der Waals surface area contributed by atoms with E-state index in [-0.39, 0.29) is 12.3 Å². The monoisotopic (exact) mass is 256 g/mol. The highest BCUT2D eigenvalue weighted by atomic mass is 16.4. The molecule has 108 valence electrons. The molecule has 0 spiro atoms. The Kier molecular flexibility index (Phi) is 12.5. The standard InChI is InChI=1S/C15H31NO2/c1-2-3-4-5-6-7-8-10-14(11-9-12-16)13-15(17)18/h14H,2-13,16H2,1H3,(H,17,18)/p-1. The minimum absolute atomic E-state index is 0.204. The first-order valence-corrected chi connectivity index (χ1v) is 7.60. The summed E-state index contributed by atoms with van der Waals surface area (Å²) in [5.41, 5.74) is 5.47. The molecule has 3 heteroatoms. The van der Waals surface area contributed by atoms with Crippen LogP contribution in [0.15, 0.2) is 0 Å². The first-order valence-electron chi connectivity index (χ1n) is 7.60. The molecular weight excluding hydrogens is 226 g/mol. The Morgan fingerprint density at radius 3 is 2.11 bits per heavy atom. The Hall–Kier alpha value is -0.570. The average Bonchev–Trinajstić information content (AvgIpc) is 2.34. The molecule has 0 fully saturated rings. The summed E-state index contributed by atoms with van der Waals surface area (Å²) in [5.74, 6) is -0.644. The van der Waals surface area contributed by atoms with Crippen molar-refractivity contribution in [3.63, 3.8) is 0 Å². The molecule has 1 unspecified atom stereocenters. The van der Waals surface area contributed by atoms with E-state index in [2.05, 4.69) is 6.92 Å². The van der Waals surface area contributed by atoms with Gasteiger partial charge in [-0.05, 0) is 31.7 Å². The zero-order chi connectivity index (χ0) is 13.6. The Labute approximate surface area is 112 Å². The molecule has 0 radical (unpaired) electrons. The van der Waals surface area contributed by atoms with Gasteiger partial charge in [-0.1, -0.05) is 58.3 Å². The summed E-state index contributed by atoms with van der Waals surface area (Å²) in [7, 11) is 0. The molecule has 0 aliphatic rings. The van der Waals surface area contributed by atoms with Gasteiger partial charge in [-0.3, -0.25) is 0 Å². The van der Waals surface area contributed by atoms with E-state index in [1.807, 2.05) is 0 Å². The van der Waals surface area contributed by atoms with Crippen molar-refractivity contribution in [2.75, 3.05) is 6.54 Å². The van der Waals surface area contributed by atoms with E-state index < -0.39 is 5.97 Å². The summed E-state index contributed by atoms with van der Waals surface area (Å²) in [5, 5.41) is 10.6. The van der Waals surface area contributed by atoms with E-state index in [0.29, 0.717) is 6.54 Å². The number of rotatable bonds is 13. The topological polar surface area (TPSA) is 66.2 Å². The molecule has 0 heterocycles. The first kappa shape index (κ1) is 17.4. The smallest absolute Gasteiger partial charge is 0.0417 e. The molecule has 0 aliphatic carbocycles. The SMILES string of the molecule is CCCCCCCCCC(CCCN)CC(=O)[O-]. The second-order valence-electron chi connectivity index (χ2n) is 5.28. The number of hydrogen-bond acceptors (Lipinski definition) is 3. The van der Waals surface area contributed by atoms with Gasteiger partial charge in [0.15, 0.2) is 0 Å². The van der Waals surface area contributed by atoms with Crippen LogP contribution in [0.25, 0.3) is 0 Å². The zero-order valence-electron chi connectivity index (χ0n) is 12.0. The zero-order valence-corrected chi connectivity index (χ0v) is 12.0. The Bertz CT molecular complexity index is 195. The van der Waals surface area contributed by atoms with Crippen molar-refractivity contribution >= 4 is 5.97 Å². The third-order valence-electron chi connectivity index (χ3n) is 3.49. The van der Waals surface area contributed by atoms with Gasteiger partial charge in [-0.2, -0.15) is 0 Å². The van der Waals surface area contributed by atoms with Gasteiger partial charge in [0.25, 0.3) is 0 Å². The summed E-state index contributed by atoms with van der Waals surface area (Å²) in [6.07, 6.45) is 12.0. The highest BCUT2D eigenvalue weighted by molar-refractivity contribution is 5.64. The van der Waals surface area contributed by atoms with Crippen molar-refractivity contribution in [2.24, 2.45) is 11.7 Å². The van der Waals surface area contributed by atoms with E-state index >= 15 is 0 Å². The van der Waals surface area contributed by atoms with Gasteiger partial charge in [0.05, 0.1) is 0 Å². The van der Waals surface area contributed by atoms with Crippen LogP contribution in [0.1, 0.15) is 77.6 Å². The first-order chi connectivity index (χ1) is 8.70. The van der Waals surface area contributed by atoms with Crippen LogP contribution in [0.5, 0.6) is 0 Å². The molecule has 0 amide bonds. The largest absolute Gasteiger partial charge is 0.550 e. The summed E-state index contributed by atoms with van der Waals surface area (Å²) >= 11 is 0. The third-order valence-corrected chi connectivity index (χ3v) is 3.49. The van der Waals surface area contributed by atoms with E-state index in [4.69, 9.17) is 5.73 Å². The number of hydrogen-bond donors (Lipinski definition) is 1. The van der Waals surface area contributed by atoms with E-state index in [1.165, 1.54) is 38.5 Å². The second kappa shape index (κ2) is 12.9. The van der Waals surface area contributed by atoms with Crippen molar-refractivity contribution in [1.82, 2.24) is 0 Å². The van der Waals surface area contributed by atoms with Crippen LogP contribution in [-0.4, -0.2) is 12.5 Å². The molecule has 2 N–H and O–H groups in total. The Morgan fingerprint density at radius 1 is 1.00 bits per heavy atom. The number of nitrogens with two attached hydrogens (primary N) is 1. The molecule has 0 saturated heterocycles. The number of aliphatic carboxylic acids is 1. The molecule has 0 aromatic carbocycles. The van der Waals surface area contributed by atoms with Crippen molar-refractivity contribution in [3.8, 4) is 0 Å². The molecule has 0 aliphatic heterocycles. The maximum atomic E-state index is 10.6. The lowest BCUT2D eigenvalue weighted by Gasteiger charge is -2.16. The minimum atomic E-state index is -0.917. The van der Waals surface area contributed by atoms with Crippen LogP contribution in [0.4, 0.5) is 0 Å². The maximum absolute atomic E-state index is 10.6. The quantitative estimate of drug-likeness (QED) is 0.515. The number of unbranched alkanes of at least 4 members (excludes halogenated alkanes) is 6. The molecule has 0 rings (SSSR count). The molecule has 0 aromatic rings. The highest BCUT2D eigenvalue weighted by Crippen LogP contribution is 2.19. The number of carbonyl (C=O) groups is 1. The van der Waals surface area contributed by atoms with Crippen molar-refractivity contribution < 1.29 is 9.90 Å². The number of carboxylic acids is 1. The normalized spacial score (nSPS) is 12.6. The van der Waals surface area contributed by atoms with E-state index in [0.717, 1.165) is 25.7 Å². The maximum Gasteiger partial charge on any atom is 0.0417 e. The minimum Gasteiger partial charge on any atom is -0.550 e. The van der Waals surface area contributed by atoms with Crippen LogP contribution < -0.4 is 10.8 Å². The number of carbonyl (C=O) groups excluding carboxylic acids is 1. The van der Waals surface area contributed by atoms with Crippen molar-refractivity contribution in [3.05, 3.63) is 0 Å². The third kappa shape index (κ3) is 11.9. The Morgan fingerprint density at radius 2 is 1.56 bits per heavy atom. The predicted octanol–water partition coefficient (Wildman–Crippen LogP) is 2.62. The van der Waals surface area contributed by atoms with Crippen LogP contribution in [-0.2, 0) is 4.79 Å². The number of carboxylic acid groups (broad SMARTS) is 1. The highest BCUT2D eigenvalue weighted by Gasteiger charge is 2.08. The van der Waals surface area contributed by atoms with Gasteiger partial charge in [0, 0.05) is 5.97 Å². The summed E-state index contributed by atoms with van der Waals surface area (Å²) < 4.78 is 0. The predicted molar refractivity (Wildman–Crippen MR) is 74.0 cm³/mol. The summed E-state index contributed by atoms with van der Waals surface area (Å²) in [6, 6.07) is 0. The molecule has 18 heavy (non-hydrogen) atoms. The van der Waals surface area contributed by atoms with E-state index in [1.54, 1.807) is 0 Å². The lowest BCUT2D eigenvalue weighted by atomic mass is 9.93. The van der Waals surface area contributed by atoms with Gasteiger partial charge < -0.3 is 15.6 Å². The second-order valence-corrected chi connectivity index (χ2v) is 5.28. The van der Waals surface area contributed by atoms with Gasteiger partial charge in [0.2, 0.25) is 0 Å². The van der Waals surface area contributed by atoms with Crippen LogP contribution in [0.3, 0.4) is 0 Å². The van der Waals surface area contributed by atoms with Gasteiger partial charge in [-0.25, -0.2) is 0 Å². The van der Waals surface area contributed by atoms with Crippen molar-refractivity contribution in [2.45, 2.75) is 77.6 Å². The molecule has 1 atom stereocenters.